The number of H-pyrrole nitrogens is 1. The number of methoxy groups -OCH3 is 2. The molecule has 7 heteroatoms. The van der Waals surface area contributed by atoms with Gasteiger partial charge in [0.05, 0.1) is 20.3 Å². The van der Waals surface area contributed by atoms with E-state index in [9.17, 15) is 4.79 Å². The maximum Gasteiger partial charge on any atom is 0.283 e. The molecule has 0 spiro atoms. The Bertz CT molecular complexity index is 1230. The number of ether oxygens (including phenoxy) is 2. The monoisotopic (exact) mass is 433 g/mol. The number of aromatic amines is 1. The van der Waals surface area contributed by atoms with Crippen molar-refractivity contribution in [3.8, 4) is 11.5 Å². The van der Waals surface area contributed by atoms with E-state index in [0.29, 0.717) is 29.5 Å². The van der Waals surface area contributed by atoms with Gasteiger partial charge in [0.1, 0.15) is 0 Å². The Labute approximate surface area is 184 Å². The fourth-order valence-corrected chi connectivity index (χ4v) is 5.04. The summed E-state index contributed by atoms with van der Waals surface area (Å²) in [5.74, 6) is 1.36. The quantitative estimate of drug-likeness (QED) is 0.499. The number of carbonyl (C=O) groups excluding carboxylic acids is 1. The molecule has 1 N–H and O–H groups in total. The molecular weight excluding hydrogens is 410 g/mol. The smallest absolute Gasteiger partial charge is 0.283 e. The van der Waals surface area contributed by atoms with Crippen molar-refractivity contribution in [2.24, 2.45) is 0 Å². The number of nitrogens with zero attached hydrogens (tertiary/aromatic N) is 2. The second kappa shape index (κ2) is 8.07. The van der Waals surface area contributed by atoms with Crippen LogP contribution in [0.1, 0.15) is 32.5 Å². The predicted octanol–water partition coefficient (Wildman–Crippen LogP) is 4.62. The fourth-order valence-electron chi connectivity index (χ4n) is 4.45. The normalized spacial score (nSPS) is 15.7. The van der Waals surface area contributed by atoms with Crippen molar-refractivity contribution < 1.29 is 14.3 Å². The van der Waals surface area contributed by atoms with E-state index in [-0.39, 0.29) is 11.9 Å². The van der Waals surface area contributed by atoms with Gasteiger partial charge in [0.15, 0.2) is 16.5 Å². The molecule has 2 aromatic heterocycles. The largest absolute Gasteiger partial charge is 0.493 e. The molecule has 0 radical (unpaired) electrons. The number of thiazole rings is 1. The van der Waals surface area contributed by atoms with E-state index in [4.69, 9.17) is 9.47 Å². The van der Waals surface area contributed by atoms with Crippen molar-refractivity contribution in [1.29, 1.82) is 0 Å². The standard InChI is InChI=1S/C24H23N3O3S/c1-29-21-12-15-7-9-27(24(28)23-25-8-10-31-23)20(18(15)13-22(21)30-2)11-16-14-26-19-6-4-3-5-17(16)19/h3-6,8,10,12-14,20,26H,7,9,11H2,1-2H3/t20-/m0/s1. The molecule has 1 aliphatic rings. The lowest BCUT2D eigenvalue weighted by Gasteiger charge is -2.37. The average molecular weight is 434 g/mol. The lowest BCUT2D eigenvalue weighted by Crippen LogP contribution is -2.41. The predicted molar refractivity (Wildman–Crippen MR) is 121 cm³/mol. The van der Waals surface area contributed by atoms with E-state index in [1.807, 2.05) is 40.7 Å². The van der Waals surface area contributed by atoms with E-state index in [1.54, 1.807) is 20.4 Å². The lowest BCUT2D eigenvalue weighted by molar-refractivity contribution is 0.0659. The molecule has 1 atom stereocenters. The first-order chi connectivity index (χ1) is 15.2. The van der Waals surface area contributed by atoms with Gasteiger partial charge in [0.2, 0.25) is 0 Å². The fraction of sp³-hybridized carbons (Fsp3) is 0.250. The van der Waals surface area contributed by atoms with Gasteiger partial charge in [-0.2, -0.15) is 0 Å². The topological polar surface area (TPSA) is 67.5 Å². The van der Waals surface area contributed by atoms with Gasteiger partial charge >= 0.3 is 0 Å². The molecular formula is C24H23N3O3S. The van der Waals surface area contributed by atoms with Gasteiger partial charge in [-0.25, -0.2) is 4.98 Å². The lowest BCUT2D eigenvalue weighted by atomic mass is 9.88. The first kappa shape index (κ1) is 19.6. The third-order valence-electron chi connectivity index (χ3n) is 5.97. The highest BCUT2D eigenvalue weighted by Crippen LogP contribution is 2.40. The highest BCUT2D eigenvalue weighted by atomic mass is 32.1. The Hall–Kier alpha value is -3.32. The first-order valence-electron chi connectivity index (χ1n) is 10.2. The van der Waals surface area contributed by atoms with Gasteiger partial charge < -0.3 is 19.4 Å². The average Bonchev–Trinajstić information content (AvgIpc) is 3.48. The molecule has 5 rings (SSSR count). The van der Waals surface area contributed by atoms with Gasteiger partial charge in [-0.3, -0.25) is 4.79 Å². The number of carbonyl (C=O) groups is 1. The Morgan fingerprint density at radius 2 is 2.03 bits per heavy atom. The SMILES string of the molecule is COc1cc2c(cc1OC)[C@H](Cc1c[nH]c3ccccc13)N(C(=O)c1nccs1)CC2. The summed E-state index contributed by atoms with van der Waals surface area (Å²) in [5.41, 5.74) is 4.56. The maximum atomic E-state index is 13.4. The molecule has 0 unspecified atom stereocenters. The van der Waals surface area contributed by atoms with E-state index in [0.717, 1.165) is 17.5 Å². The zero-order valence-electron chi connectivity index (χ0n) is 17.4. The second-order valence-electron chi connectivity index (χ2n) is 7.57. The zero-order chi connectivity index (χ0) is 21.4. The van der Waals surface area contributed by atoms with Crippen LogP contribution >= 0.6 is 11.3 Å². The van der Waals surface area contributed by atoms with Crippen LogP contribution in [0.5, 0.6) is 11.5 Å². The van der Waals surface area contributed by atoms with Gasteiger partial charge in [-0.1, -0.05) is 18.2 Å². The molecule has 0 aliphatic carbocycles. The highest BCUT2D eigenvalue weighted by Gasteiger charge is 2.34. The van der Waals surface area contributed by atoms with Gasteiger partial charge in [-0.05, 0) is 47.7 Å². The number of para-hydroxylation sites is 1. The molecule has 1 amide bonds. The van der Waals surface area contributed by atoms with Crippen molar-refractivity contribution >= 4 is 28.1 Å². The van der Waals surface area contributed by atoms with Crippen LogP contribution < -0.4 is 9.47 Å². The molecule has 4 aromatic rings. The molecule has 3 heterocycles. The van der Waals surface area contributed by atoms with Crippen LogP contribution in [0.3, 0.4) is 0 Å². The Kier molecular flexibility index (Phi) is 5.11. The van der Waals surface area contributed by atoms with Crippen LogP contribution in [0.4, 0.5) is 0 Å². The van der Waals surface area contributed by atoms with Crippen molar-refractivity contribution in [1.82, 2.24) is 14.9 Å². The van der Waals surface area contributed by atoms with Crippen molar-refractivity contribution in [2.45, 2.75) is 18.9 Å². The molecule has 0 saturated heterocycles. The second-order valence-corrected chi connectivity index (χ2v) is 8.47. The van der Waals surface area contributed by atoms with Gasteiger partial charge in [-0.15, -0.1) is 11.3 Å². The van der Waals surface area contributed by atoms with Crippen molar-refractivity contribution in [2.75, 3.05) is 20.8 Å². The van der Waals surface area contributed by atoms with E-state index >= 15 is 0 Å². The van der Waals surface area contributed by atoms with Crippen LogP contribution in [0.25, 0.3) is 10.9 Å². The number of aromatic nitrogens is 2. The molecule has 2 aromatic carbocycles. The number of hydrogen-bond donors (Lipinski definition) is 1. The molecule has 0 fully saturated rings. The number of fused-ring (bicyclic) bond motifs is 2. The number of benzene rings is 2. The van der Waals surface area contributed by atoms with Gasteiger partial charge in [0, 0.05) is 35.2 Å². The Balaban J connectivity index is 1.61. The van der Waals surface area contributed by atoms with Crippen LogP contribution in [-0.4, -0.2) is 41.5 Å². The minimum Gasteiger partial charge on any atom is -0.493 e. The summed E-state index contributed by atoms with van der Waals surface area (Å²) in [4.78, 5) is 22.9. The molecule has 0 saturated carbocycles. The third kappa shape index (κ3) is 3.45. The first-order valence-corrected chi connectivity index (χ1v) is 11.1. The van der Waals surface area contributed by atoms with Gasteiger partial charge in [0.25, 0.3) is 5.91 Å². The summed E-state index contributed by atoms with van der Waals surface area (Å²) < 4.78 is 11.1. The number of hydrogen-bond acceptors (Lipinski definition) is 5. The summed E-state index contributed by atoms with van der Waals surface area (Å²) >= 11 is 1.38. The van der Waals surface area contributed by atoms with Crippen LogP contribution in [-0.2, 0) is 12.8 Å². The third-order valence-corrected chi connectivity index (χ3v) is 6.73. The summed E-state index contributed by atoms with van der Waals surface area (Å²) in [6.07, 6.45) is 5.19. The summed E-state index contributed by atoms with van der Waals surface area (Å²) in [7, 11) is 3.29. The zero-order valence-corrected chi connectivity index (χ0v) is 18.2. The number of amides is 1. The highest BCUT2D eigenvalue weighted by molar-refractivity contribution is 7.11. The van der Waals surface area contributed by atoms with Crippen LogP contribution in [0, 0.1) is 0 Å². The molecule has 158 valence electrons. The molecule has 6 nitrogen and oxygen atoms in total. The van der Waals surface area contributed by atoms with Crippen molar-refractivity contribution in [3.05, 3.63) is 75.9 Å². The van der Waals surface area contributed by atoms with E-state index in [2.05, 4.69) is 22.1 Å². The van der Waals surface area contributed by atoms with Crippen molar-refractivity contribution in [3.63, 3.8) is 0 Å². The summed E-state index contributed by atoms with van der Waals surface area (Å²) in [6.45, 7) is 0.633. The molecule has 0 bridgehead atoms. The maximum absolute atomic E-state index is 13.4. The Morgan fingerprint density at radius 1 is 1.23 bits per heavy atom. The minimum atomic E-state index is -0.126. The van der Waals surface area contributed by atoms with E-state index < -0.39 is 0 Å². The number of rotatable bonds is 5. The summed E-state index contributed by atoms with van der Waals surface area (Å²) in [6, 6.07) is 12.2. The van der Waals surface area contributed by atoms with Crippen LogP contribution in [0.2, 0.25) is 0 Å². The minimum absolute atomic E-state index is 0.0275. The van der Waals surface area contributed by atoms with E-state index in [1.165, 1.54) is 27.8 Å². The Morgan fingerprint density at radius 3 is 2.81 bits per heavy atom. The molecule has 31 heavy (non-hydrogen) atoms. The number of nitrogens with one attached hydrogen (secondary N) is 1. The summed E-state index contributed by atoms with van der Waals surface area (Å²) in [5, 5.41) is 3.54. The van der Waals surface area contributed by atoms with Crippen LogP contribution in [0.15, 0.2) is 54.2 Å². The molecule has 1 aliphatic heterocycles.